The highest BCUT2D eigenvalue weighted by atomic mass is 16.6. The lowest BCUT2D eigenvalue weighted by atomic mass is 10.0. The lowest BCUT2D eigenvalue weighted by Crippen LogP contribution is -2.26. The van der Waals surface area contributed by atoms with E-state index in [-0.39, 0.29) is 11.6 Å². The second-order valence-corrected chi connectivity index (χ2v) is 6.05. The molecule has 2 aromatic rings. The molecular weight excluding hydrogens is 352 g/mol. The molecule has 0 saturated heterocycles. The van der Waals surface area contributed by atoms with Gasteiger partial charge in [-0.05, 0) is 49.1 Å². The van der Waals surface area contributed by atoms with E-state index in [9.17, 15) is 19.7 Å². The van der Waals surface area contributed by atoms with E-state index in [4.69, 9.17) is 9.84 Å². The number of nitrogens with zero attached hydrogens (tertiary/aromatic N) is 1. The van der Waals surface area contributed by atoms with Crippen molar-refractivity contribution in [2.75, 3.05) is 13.2 Å². The molecule has 0 aliphatic rings. The number of benzene rings is 2. The molecule has 1 amide bonds. The lowest BCUT2D eigenvalue weighted by molar-refractivity contribution is -0.384. The normalized spacial score (nSPS) is 10.3. The Balaban J connectivity index is 1.95. The number of non-ortho nitro benzene ring substituents is 1. The number of rotatable bonds is 8. The van der Waals surface area contributed by atoms with Crippen LogP contribution in [0.25, 0.3) is 0 Å². The highest BCUT2D eigenvalue weighted by Gasteiger charge is 2.13. The van der Waals surface area contributed by atoms with Crippen LogP contribution in [-0.2, 0) is 11.2 Å². The Labute approximate surface area is 155 Å². The maximum atomic E-state index is 12.3. The molecule has 0 aliphatic carbocycles. The maximum absolute atomic E-state index is 12.3. The molecular formula is C19H20N2O6. The summed E-state index contributed by atoms with van der Waals surface area (Å²) in [6, 6.07) is 9.47. The second-order valence-electron chi connectivity index (χ2n) is 6.05. The maximum Gasteiger partial charge on any atom is 0.341 e. The van der Waals surface area contributed by atoms with Crippen LogP contribution in [-0.4, -0.2) is 35.1 Å². The Bertz CT molecular complexity index is 838. The molecule has 0 bridgehead atoms. The average Bonchev–Trinajstić information content (AvgIpc) is 2.61. The van der Waals surface area contributed by atoms with Crippen molar-refractivity contribution >= 4 is 17.6 Å². The first-order valence-electron chi connectivity index (χ1n) is 8.25. The van der Waals surface area contributed by atoms with E-state index < -0.39 is 17.5 Å². The summed E-state index contributed by atoms with van der Waals surface area (Å²) in [5.74, 6) is -0.866. The summed E-state index contributed by atoms with van der Waals surface area (Å²) in [4.78, 5) is 33.1. The number of hydrogen-bond acceptors (Lipinski definition) is 5. The molecule has 2 aromatic carbocycles. The van der Waals surface area contributed by atoms with Crippen LogP contribution >= 0.6 is 0 Å². The van der Waals surface area contributed by atoms with Crippen molar-refractivity contribution in [3.05, 3.63) is 68.8 Å². The van der Waals surface area contributed by atoms with E-state index in [1.54, 1.807) is 38.1 Å². The zero-order chi connectivity index (χ0) is 20.0. The van der Waals surface area contributed by atoms with Crippen molar-refractivity contribution < 1.29 is 24.4 Å². The monoisotopic (exact) mass is 372 g/mol. The molecule has 0 saturated carbocycles. The van der Waals surface area contributed by atoms with Crippen LogP contribution in [0.4, 0.5) is 5.69 Å². The van der Waals surface area contributed by atoms with Crippen LogP contribution in [0.15, 0.2) is 36.4 Å². The number of carboxylic acids is 1. The van der Waals surface area contributed by atoms with Gasteiger partial charge in [-0.3, -0.25) is 14.9 Å². The van der Waals surface area contributed by atoms with Crippen molar-refractivity contribution in [1.29, 1.82) is 0 Å². The van der Waals surface area contributed by atoms with Gasteiger partial charge < -0.3 is 15.2 Å². The van der Waals surface area contributed by atoms with Gasteiger partial charge >= 0.3 is 5.97 Å². The lowest BCUT2D eigenvalue weighted by Gasteiger charge is -2.13. The predicted octanol–water partition coefficient (Wildman–Crippen LogP) is 2.65. The van der Waals surface area contributed by atoms with Crippen molar-refractivity contribution in [3.8, 4) is 5.75 Å². The van der Waals surface area contributed by atoms with Crippen molar-refractivity contribution in [3.63, 3.8) is 0 Å². The number of carboxylic acid groups (broad SMARTS) is 1. The number of aliphatic carboxylic acids is 1. The highest BCUT2D eigenvalue weighted by Crippen LogP contribution is 2.24. The first kappa shape index (κ1) is 19.9. The largest absolute Gasteiger partial charge is 0.481 e. The standard InChI is InChI=1S/C19H20N2O6/c1-12-9-15(10-13(2)18(12)27-11-17(22)23)19(24)20-8-7-14-3-5-16(6-4-14)21(25)26/h3-6,9-10H,7-8,11H2,1-2H3,(H,20,24)(H,22,23). The van der Waals surface area contributed by atoms with Crippen LogP contribution in [0.3, 0.4) is 0 Å². The van der Waals surface area contributed by atoms with Crippen LogP contribution in [0.1, 0.15) is 27.0 Å². The van der Waals surface area contributed by atoms with E-state index in [2.05, 4.69) is 5.32 Å². The molecule has 8 nitrogen and oxygen atoms in total. The summed E-state index contributed by atoms with van der Waals surface area (Å²) in [5, 5.41) is 22.1. The molecule has 2 N–H and O–H groups in total. The molecule has 27 heavy (non-hydrogen) atoms. The van der Waals surface area contributed by atoms with Crippen molar-refractivity contribution in [1.82, 2.24) is 5.32 Å². The summed E-state index contributed by atoms with van der Waals surface area (Å²) in [7, 11) is 0. The number of nitro benzene ring substituents is 1. The number of carbonyl (C=O) groups excluding carboxylic acids is 1. The van der Waals surface area contributed by atoms with Gasteiger partial charge in [-0.1, -0.05) is 12.1 Å². The van der Waals surface area contributed by atoms with E-state index in [1.165, 1.54) is 12.1 Å². The van der Waals surface area contributed by atoms with Gasteiger partial charge in [0, 0.05) is 24.2 Å². The number of aryl methyl sites for hydroxylation is 2. The minimum absolute atomic E-state index is 0.0268. The minimum Gasteiger partial charge on any atom is -0.481 e. The fraction of sp³-hybridized carbons (Fsp3) is 0.263. The molecule has 0 unspecified atom stereocenters. The fourth-order valence-electron chi connectivity index (χ4n) is 2.65. The second kappa shape index (κ2) is 8.79. The Kier molecular flexibility index (Phi) is 6.48. The number of ether oxygens (including phenoxy) is 1. The van der Waals surface area contributed by atoms with Crippen molar-refractivity contribution in [2.24, 2.45) is 0 Å². The van der Waals surface area contributed by atoms with Gasteiger partial charge in [0.15, 0.2) is 6.61 Å². The van der Waals surface area contributed by atoms with Crippen LogP contribution in [0.2, 0.25) is 0 Å². The van der Waals surface area contributed by atoms with Crippen LogP contribution in [0, 0.1) is 24.0 Å². The predicted molar refractivity (Wildman–Crippen MR) is 98.2 cm³/mol. The smallest absolute Gasteiger partial charge is 0.341 e. The Morgan fingerprint density at radius 1 is 1.15 bits per heavy atom. The SMILES string of the molecule is Cc1cc(C(=O)NCCc2ccc([N+](=O)[O-])cc2)cc(C)c1OCC(=O)O. The van der Waals surface area contributed by atoms with Gasteiger partial charge in [0.2, 0.25) is 0 Å². The molecule has 0 radical (unpaired) electrons. The summed E-state index contributed by atoms with van der Waals surface area (Å²) in [6.07, 6.45) is 0.543. The first-order valence-corrected chi connectivity index (χ1v) is 8.25. The van der Waals surface area contributed by atoms with E-state index >= 15 is 0 Å². The van der Waals surface area contributed by atoms with Crippen molar-refractivity contribution in [2.45, 2.75) is 20.3 Å². The van der Waals surface area contributed by atoms with Gasteiger partial charge in [-0.25, -0.2) is 4.79 Å². The Morgan fingerprint density at radius 3 is 2.26 bits per heavy atom. The number of carbonyl (C=O) groups is 2. The molecule has 0 atom stereocenters. The number of nitrogens with one attached hydrogen (secondary N) is 1. The topological polar surface area (TPSA) is 119 Å². The minimum atomic E-state index is -1.07. The molecule has 142 valence electrons. The Hall–Kier alpha value is -3.42. The molecule has 0 aromatic heterocycles. The van der Waals surface area contributed by atoms with Gasteiger partial charge in [0.25, 0.3) is 11.6 Å². The quantitative estimate of drug-likeness (QED) is 0.543. The van der Waals surface area contributed by atoms with Crippen LogP contribution in [0.5, 0.6) is 5.75 Å². The zero-order valence-electron chi connectivity index (χ0n) is 15.0. The third kappa shape index (κ3) is 5.53. The van der Waals surface area contributed by atoms with Gasteiger partial charge in [0.05, 0.1) is 4.92 Å². The van der Waals surface area contributed by atoms with E-state index in [1.807, 2.05) is 0 Å². The molecule has 8 heteroatoms. The zero-order valence-corrected chi connectivity index (χ0v) is 15.0. The number of amides is 1. The number of nitro groups is 1. The van der Waals surface area contributed by atoms with E-state index in [0.29, 0.717) is 35.4 Å². The highest BCUT2D eigenvalue weighted by molar-refractivity contribution is 5.94. The molecule has 2 rings (SSSR count). The van der Waals surface area contributed by atoms with Gasteiger partial charge in [-0.15, -0.1) is 0 Å². The Morgan fingerprint density at radius 2 is 1.74 bits per heavy atom. The van der Waals surface area contributed by atoms with E-state index in [0.717, 1.165) is 5.56 Å². The summed E-state index contributed by atoms with van der Waals surface area (Å²) in [6.45, 7) is 3.43. The average molecular weight is 372 g/mol. The third-order valence-corrected chi connectivity index (χ3v) is 3.91. The summed E-state index contributed by atoms with van der Waals surface area (Å²) >= 11 is 0. The fourth-order valence-corrected chi connectivity index (χ4v) is 2.65. The number of hydrogen-bond donors (Lipinski definition) is 2. The molecule has 0 heterocycles. The third-order valence-electron chi connectivity index (χ3n) is 3.91. The summed E-state index contributed by atoms with van der Waals surface area (Å²) in [5.41, 5.74) is 2.72. The molecule has 0 spiro atoms. The first-order chi connectivity index (χ1) is 12.8. The summed E-state index contributed by atoms with van der Waals surface area (Å²) < 4.78 is 5.25. The van der Waals surface area contributed by atoms with Crippen LogP contribution < -0.4 is 10.1 Å². The molecule has 0 fully saturated rings. The van der Waals surface area contributed by atoms with Gasteiger partial charge in [-0.2, -0.15) is 0 Å². The van der Waals surface area contributed by atoms with Gasteiger partial charge in [0.1, 0.15) is 5.75 Å². The molecule has 0 aliphatic heterocycles.